The minimum absolute atomic E-state index is 0.223. The molecule has 0 aromatic carbocycles. The van der Waals surface area contributed by atoms with E-state index in [9.17, 15) is 4.79 Å². The molecule has 21 heavy (non-hydrogen) atoms. The van der Waals surface area contributed by atoms with Gasteiger partial charge in [-0.25, -0.2) is 4.98 Å². The van der Waals surface area contributed by atoms with Crippen LogP contribution in [0.5, 0.6) is 0 Å². The Morgan fingerprint density at radius 1 is 1.43 bits per heavy atom. The predicted molar refractivity (Wildman–Crippen MR) is 82.3 cm³/mol. The summed E-state index contributed by atoms with van der Waals surface area (Å²) < 4.78 is 5.06. The molecule has 0 aliphatic rings. The molecule has 0 bridgehead atoms. The summed E-state index contributed by atoms with van der Waals surface area (Å²) in [6.45, 7) is 4.76. The van der Waals surface area contributed by atoms with Crippen molar-refractivity contribution in [3.63, 3.8) is 0 Å². The first kappa shape index (κ1) is 15.6. The van der Waals surface area contributed by atoms with Gasteiger partial charge in [0.25, 0.3) is 5.91 Å². The van der Waals surface area contributed by atoms with Gasteiger partial charge < -0.3 is 9.84 Å². The Morgan fingerprint density at radius 2 is 2.29 bits per heavy atom. The maximum absolute atomic E-state index is 11.9. The zero-order valence-electron chi connectivity index (χ0n) is 12.2. The maximum atomic E-state index is 11.9. The molecule has 1 N–H and O–H groups in total. The van der Waals surface area contributed by atoms with Crippen LogP contribution in [0, 0.1) is 5.92 Å². The van der Waals surface area contributed by atoms with E-state index < -0.39 is 0 Å². The minimum Gasteiger partial charge on any atom is -0.351 e. The molecule has 0 unspecified atom stereocenters. The molecule has 6 heteroatoms. The maximum Gasteiger partial charge on any atom is 0.289 e. The molecule has 0 aliphatic heterocycles. The van der Waals surface area contributed by atoms with Gasteiger partial charge in [-0.1, -0.05) is 25.1 Å². The Morgan fingerprint density at radius 3 is 3.00 bits per heavy atom. The van der Waals surface area contributed by atoms with Crippen molar-refractivity contribution in [1.29, 1.82) is 0 Å². The molecular formula is C15H19N3O2S. The summed E-state index contributed by atoms with van der Waals surface area (Å²) in [6.07, 6.45) is 2.57. The van der Waals surface area contributed by atoms with Crippen LogP contribution in [0.25, 0.3) is 0 Å². The zero-order valence-corrected chi connectivity index (χ0v) is 13.0. The Balaban J connectivity index is 1.73. The summed E-state index contributed by atoms with van der Waals surface area (Å²) in [5, 5.41) is 7.67. The van der Waals surface area contributed by atoms with Gasteiger partial charge in [-0.15, -0.1) is 11.8 Å². The molecule has 5 nitrogen and oxygen atoms in total. The van der Waals surface area contributed by atoms with Crippen molar-refractivity contribution < 1.29 is 9.32 Å². The van der Waals surface area contributed by atoms with Crippen molar-refractivity contribution in [2.24, 2.45) is 5.92 Å². The van der Waals surface area contributed by atoms with Crippen LogP contribution < -0.4 is 5.32 Å². The second-order valence-corrected chi connectivity index (χ2v) is 6.17. The number of hydrogen-bond donors (Lipinski definition) is 1. The third-order valence-electron chi connectivity index (χ3n) is 2.68. The van der Waals surface area contributed by atoms with Gasteiger partial charge in [0.2, 0.25) is 5.76 Å². The lowest BCUT2D eigenvalue weighted by atomic mass is 10.1. The number of aromatic nitrogens is 2. The Bertz CT molecular complexity index is 569. The van der Waals surface area contributed by atoms with E-state index in [4.69, 9.17) is 4.52 Å². The van der Waals surface area contributed by atoms with E-state index >= 15 is 0 Å². The summed E-state index contributed by atoms with van der Waals surface area (Å²) in [4.78, 5) is 16.1. The predicted octanol–water partition coefficient (Wildman–Crippen LogP) is 2.79. The molecule has 1 amide bonds. The standard InChI is InChI=1S/C15H19N3O2S/c1-11(2)9-12-10-13(20-18-12)15(19)17-7-8-21-14-5-3-4-6-16-14/h3-6,10-11H,7-9H2,1-2H3,(H,17,19). The fourth-order valence-electron chi connectivity index (χ4n) is 1.77. The van der Waals surface area contributed by atoms with Gasteiger partial charge in [0.1, 0.15) is 0 Å². The van der Waals surface area contributed by atoms with Crippen molar-refractivity contribution in [1.82, 2.24) is 15.5 Å². The third-order valence-corrected chi connectivity index (χ3v) is 3.62. The quantitative estimate of drug-likeness (QED) is 0.629. The van der Waals surface area contributed by atoms with Gasteiger partial charge in [0.15, 0.2) is 0 Å². The molecule has 2 aromatic rings. The lowest BCUT2D eigenvalue weighted by Gasteiger charge is -2.02. The lowest BCUT2D eigenvalue weighted by molar-refractivity contribution is 0.0919. The number of thioether (sulfide) groups is 1. The molecule has 112 valence electrons. The van der Waals surface area contributed by atoms with Crippen LogP contribution in [0.15, 0.2) is 40.0 Å². The number of rotatable bonds is 7. The third kappa shape index (κ3) is 5.23. The van der Waals surface area contributed by atoms with Crippen molar-refractivity contribution in [2.45, 2.75) is 25.3 Å². The number of hydrogen-bond acceptors (Lipinski definition) is 5. The molecule has 2 heterocycles. The second-order valence-electron chi connectivity index (χ2n) is 5.05. The lowest BCUT2D eigenvalue weighted by Crippen LogP contribution is -2.25. The number of amides is 1. The second kappa shape index (κ2) is 7.83. The first-order valence-electron chi connectivity index (χ1n) is 6.93. The molecule has 2 aromatic heterocycles. The van der Waals surface area contributed by atoms with Gasteiger partial charge in [-0.05, 0) is 24.5 Å². The van der Waals surface area contributed by atoms with E-state index in [0.717, 1.165) is 22.9 Å². The number of nitrogens with zero attached hydrogens (tertiary/aromatic N) is 2. The summed E-state index contributed by atoms with van der Waals surface area (Å²) in [7, 11) is 0. The average Bonchev–Trinajstić information content (AvgIpc) is 2.92. The van der Waals surface area contributed by atoms with Gasteiger partial charge in [-0.3, -0.25) is 4.79 Å². The molecule has 0 aliphatic carbocycles. The molecule has 0 saturated carbocycles. The molecule has 0 atom stereocenters. The fraction of sp³-hybridized carbons (Fsp3) is 0.400. The van der Waals surface area contributed by atoms with Crippen molar-refractivity contribution >= 4 is 17.7 Å². The van der Waals surface area contributed by atoms with Crippen LogP contribution in [-0.4, -0.2) is 28.3 Å². The number of nitrogens with one attached hydrogen (secondary N) is 1. The van der Waals surface area contributed by atoms with Gasteiger partial charge in [-0.2, -0.15) is 0 Å². The van der Waals surface area contributed by atoms with E-state index in [-0.39, 0.29) is 11.7 Å². The highest BCUT2D eigenvalue weighted by Gasteiger charge is 2.13. The fourth-order valence-corrected chi connectivity index (χ4v) is 2.50. The van der Waals surface area contributed by atoms with Crippen molar-refractivity contribution in [3.8, 4) is 0 Å². The smallest absolute Gasteiger partial charge is 0.289 e. The van der Waals surface area contributed by atoms with Crippen LogP contribution in [0.1, 0.15) is 30.1 Å². The Labute approximate surface area is 128 Å². The topological polar surface area (TPSA) is 68.0 Å². The highest BCUT2D eigenvalue weighted by molar-refractivity contribution is 7.99. The highest BCUT2D eigenvalue weighted by atomic mass is 32.2. The minimum atomic E-state index is -0.223. The normalized spacial score (nSPS) is 10.8. The van der Waals surface area contributed by atoms with Crippen molar-refractivity contribution in [2.75, 3.05) is 12.3 Å². The van der Waals surface area contributed by atoms with Gasteiger partial charge in [0, 0.05) is 24.6 Å². The monoisotopic (exact) mass is 305 g/mol. The van der Waals surface area contributed by atoms with Crippen LogP contribution in [-0.2, 0) is 6.42 Å². The molecule has 0 spiro atoms. The number of carbonyl (C=O) groups is 1. The first-order chi connectivity index (χ1) is 10.1. The average molecular weight is 305 g/mol. The molecule has 0 fully saturated rings. The SMILES string of the molecule is CC(C)Cc1cc(C(=O)NCCSc2ccccn2)on1. The summed E-state index contributed by atoms with van der Waals surface area (Å²) in [5.41, 5.74) is 0.818. The van der Waals surface area contributed by atoms with Crippen LogP contribution in [0.4, 0.5) is 0 Å². The molecule has 0 saturated heterocycles. The number of pyridine rings is 1. The van der Waals surface area contributed by atoms with Crippen molar-refractivity contribution in [3.05, 3.63) is 41.9 Å². The van der Waals surface area contributed by atoms with E-state index in [1.165, 1.54) is 0 Å². The van der Waals surface area contributed by atoms with E-state index in [2.05, 4.69) is 29.3 Å². The summed E-state index contributed by atoms with van der Waals surface area (Å²) in [6, 6.07) is 7.48. The first-order valence-corrected chi connectivity index (χ1v) is 7.91. The summed E-state index contributed by atoms with van der Waals surface area (Å²) >= 11 is 1.60. The summed E-state index contributed by atoms with van der Waals surface area (Å²) in [5.74, 6) is 1.30. The largest absolute Gasteiger partial charge is 0.351 e. The van der Waals surface area contributed by atoms with Crippen LogP contribution in [0.3, 0.4) is 0 Å². The van der Waals surface area contributed by atoms with Crippen LogP contribution >= 0.6 is 11.8 Å². The molecule has 2 rings (SSSR count). The molecular weight excluding hydrogens is 286 g/mol. The number of carbonyl (C=O) groups excluding carboxylic acids is 1. The van der Waals surface area contributed by atoms with Crippen LogP contribution in [0.2, 0.25) is 0 Å². The van der Waals surface area contributed by atoms with Gasteiger partial charge >= 0.3 is 0 Å². The van der Waals surface area contributed by atoms with Gasteiger partial charge in [0.05, 0.1) is 10.7 Å². The Hall–Kier alpha value is -1.82. The highest BCUT2D eigenvalue weighted by Crippen LogP contribution is 2.13. The molecule has 0 radical (unpaired) electrons. The van der Waals surface area contributed by atoms with E-state index in [0.29, 0.717) is 12.5 Å². The van der Waals surface area contributed by atoms with E-state index in [1.54, 1.807) is 24.0 Å². The van der Waals surface area contributed by atoms with E-state index in [1.807, 2.05) is 18.2 Å². The zero-order chi connectivity index (χ0) is 15.1. The Kier molecular flexibility index (Phi) is 5.80.